The van der Waals surface area contributed by atoms with Crippen LogP contribution in [0.1, 0.15) is 0 Å². The molecule has 0 unspecified atom stereocenters. The van der Waals surface area contributed by atoms with Crippen LogP contribution < -0.4 is 10.6 Å². The maximum atomic E-state index is 6.07. The molecule has 8 heteroatoms. The number of aromatic amines is 1. The first-order valence-corrected chi connectivity index (χ1v) is 9.48. The third kappa shape index (κ3) is 3.18. The van der Waals surface area contributed by atoms with E-state index in [0.29, 0.717) is 11.0 Å². The number of anilines is 4. The lowest BCUT2D eigenvalue weighted by Gasteiger charge is -2.10. The highest BCUT2D eigenvalue weighted by molar-refractivity contribution is 7.17. The predicted octanol–water partition coefficient (Wildman–Crippen LogP) is 5.71. The van der Waals surface area contributed by atoms with Gasteiger partial charge < -0.3 is 10.6 Å². The van der Waals surface area contributed by atoms with E-state index in [4.69, 9.17) is 11.6 Å². The van der Waals surface area contributed by atoms with Gasteiger partial charge in [0.05, 0.1) is 21.9 Å². The lowest BCUT2D eigenvalue weighted by molar-refractivity contribution is 1.12. The highest BCUT2D eigenvalue weighted by Crippen LogP contribution is 2.31. The fourth-order valence-corrected chi connectivity index (χ4v) is 3.82. The smallest absolute Gasteiger partial charge is 0.229 e. The fraction of sp³-hybridized carbons (Fsp3) is 0. The molecule has 0 radical (unpaired) electrons. The Balaban J connectivity index is 1.53. The fourth-order valence-electron chi connectivity index (χ4n) is 2.86. The first kappa shape index (κ1) is 16.0. The molecule has 5 aromatic rings. The van der Waals surface area contributed by atoms with Crippen molar-refractivity contribution in [3.8, 4) is 0 Å². The van der Waals surface area contributed by atoms with E-state index in [9.17, 15) is 0 Å². The number of benzene rings is 2. The molecular formula is C19H13ClN6S. The zero-order valence-corrected chi connectivity index (χ0v) is 15.5. The second kappa shape index (κ2) is 6.53. The van der Waals surface area contributed by atoms with Crippen LogP contribution in [-0.2, 0) is 0 Å². The van der Waals surface area contributed by atoms with Crippen molar-refractivity contribution in [2.75, 3.05) is 10.6 Å². The van der Waals surface area contributed by atoms with Gasteiger partial charge in [0.2, 0.25) is 5.95 Å². The number of H-pyrrole nitrogens is 1. The molecular weight excluding hydrogens is 380 g/mol. The monoisotopic (exact) mass is 392 g/mol. The lowest BCUT2D eigenvalue weighted by atomic mass is 10.2. The molecule has 0 saturated heterocycles. The number of halogens is 1. The number of fused-ring (bicyclic) bond motifs is 2. The van der Waals surface area contributed by atoms with Crippen molar-refractivity contribution >= 4 is 67.2 Å². The molecule has 0 spiro atoms. The van der Waals surface area contributed by atoms with E-state index in [1.165, 1.54) is 0 Å². The van der Waals surface area contributed by atoms with Crippen LogP contribution in [-0.4, -0.2) is 20.2 Å². The number of aromatic nitrogens is 4. The minimum absolute atomic E-state index is 0.509. The predicted molar refractivity (Wildman–Crippen MR) is 112 cm³/mol. The molecule has 0 aliphatic heterocycles. The SMILES string of the molecule is Clc1cccc(Nc2nc(Nc3ccc4[nH]ncc4c3)c3sccc3n2)c1. The Morgan fingerprint density at radius 1 is 0.963 bits per heavy atom. The van der Waals surface area contributed by atoms with Gasteiger partial charge in [-0.3, -0.25) is 5.10 Å². The van der Waals surface area contributed by atoms with Crippen LogP contribution in [0.3, 0.4) is 0 Å². The van der Waals surface area contributed by atoms with E-state index >= 15 is 0 Å². The van der Waals surface area contributed by atoms with E-state index in [-0.39, 0.29) is 0 Å². The molecule has 0 atom stereocenters. The number of nitrogens with one attached hydrogen (secondary N) is 3. The van der Waals surface area contributed by atoms with E-state index in [2.05, 4.69) is 30.8 Å². The Morgan fingerprint density at radius 2 is 1.89 bits per heavy atom. The normalized spacial score (nSPS) is 11.1. The van der Waals surface area contributed by atoms with Crippen molar-refractivity contribution in [2.24, 2.45) is 0 Å². The average Bonchev–Trinajstić information content (AvgIpc) is 3.30. The highest BCUT2D eigenvalue weighted by Gasteiger charge is 2.10. The van der Waals surface area contributed by atoms with Crippen molar-refractivity contribution in [2.45, 2.75) is 0 Å². The molecule has 0 amide bonds. The molecule has 5 rings (SSSR count). The number of hydrogen-bond acceptors (Lipinski definition) is 6. The molecule has 3 heterocycles. The average molecular weight is 393 g/mol. The number of nitrogens with zero attached hydrogens (tertiary/aromatic N) is 3. The van der Waals surface area contributed by atoms with Gasteiger partial charge in [0.25, 0.3) is 0 Å². The van der Waals surface area contributed by atoms with Crippen molar-refractivity contribution in [3.05, 3.63) is 65.1 Å². The first-order valence-electron chi connectivity index (χ1n) is 8.23. The van der Waals surface area contributed by atoms with Gasteiger partial charge >= 0.3 is 0 Å². The Kier molecular flexibility index (Phi) is 3.88. The van der Waals surface area contributed by atoms with E-state index < -0.39 is 0 Å². The molecule has 27 heavy (non-hydrogen) atoms. The molecule has 3 N–H and O–H groups in total. The summed E-state index contributed by atoms with van der Waals surface area (Å²) >= 11 is 7.67. The largest absolute Gasteiger partial charge is 0.339 e. The lowest BCUT2D eigenvalue weighted by Crippen LogP contribution is -2.01. The first-order chi connectivity index (χ1) is 13.2. The van der Waals surface area contributed by atoms with Crippen LogP contribution in [0.4, 0.5) is 23.1 Å². The van der Waals surface area contributed by atoms with E-state index in [1.807, 2.05) is 53.9 Å². The maximum Gasteiger partial charge on any atom is 0.229 e. The van der Waals surface area contributed by atoms with Crippen LogP contribution >= 0.6 is 22.9 Å². The van der Waals surface area contributed by atoms with Crippen LogP contribution in [0.25, 0.3) is 21.1 Å². The summed E-state index contributed by atoms with van der Waals surface area (Å²) in [5.41, 5.74) is 3.65. The summed E-state index contributed by atoms with van der Waals surface area (Å²) in [6.45, 7) is 0. The van der Waals surface area contributed by atoms with Gasteiger partial charge in [0, 0.05) is 21.8 Å². The molecule has 0 saturated carbocycles. The Hall–Kier alpha value is -3.16. The summed E-state index contributed by atoms with van der Waals surface area (Å²) in [6.07, 6.45) is 1.80. The highest BCUT2D eigenvalue weighted by atomic mass is 35.5. The van der Waals surface area contributed by atoms with Gasteiger partial charge in [0.1, 0.15) is 0 Å². The summed E-state index contributed by atoms with van der Waals surface area (Å²) < 4.78 is 0.999. The topological polar surface area (TPSA) is 78.5 Å². The van der Waals surface area contributed by atoms with Gasteiger partial charge in [-0.05, 0) is 47.8 Å². The van der Waals surface area contributed by atoms with Crippen molar-refractivity contribution in [1.82, 2.24) is 20.2 Å². The minimum Gasteiger partial charge on any atom is -0.339 e. The molecule has 0 aliphatic carbocycles. The van der Waals surface area contributed by atoms with E-state index in [1.54, 1.807) is 17.5 Å². The minimum atomic E-state index is 0.509. The van der Waals surface area contributed by atoms with Crippen LogP contribution in [0, 0.1) is 0 Å². The Bertz CT molecular complexity index is 1260. The van der Waals surface area contributed by atoms with Crippen LogP contribution in [0.5, 0.6) is 0 Å². The summed E-state index contributed by atoms with van der Waals surface area (Å²) in [6, 6.07) is 15.5. The Labute approximate surface area is 163 Å². The standard InChI is InChI=1S/C19H13ClN6S/c20-12-2-1-3-13(9-12)23-19-24-16-6-7-27-17(16)18(25-19)22-14-4-5-15-11(8-14)10-21-26-15/h1-10H,(H,21,26)(H2,22,23,24,25). The molecule has 6 nitrogen and oxygen atoms in total. The van der Waals surface area contributed by atoms with Gasteiger partial charge in [-0.15, -0.1) is 11.3 Å². The van der Waals surface area contributed by atoms with Crippen molar-refractivity contribution in [3.63, 3.8) is 0 Å². The summed E-state index contributed by atoms with van der Waals surface area (Å²) in [5, 5.41) is 17.3. The molecule has 0 bridgehead atoms. The zero-order valence-electron chi connectivity index (χ0n) is 13.9. The molecule has 0 fully saturated rings. The quantitative estimate of drug-likeness (QED) is 0.365. The van der Waals surface area contributed by atoms with Gasteiger partial charge in [-0.1, -0.05) is 17.7 Å². The van der Waals surface area contributed by atoms with Crippen LogP contribution in [0.2, 0.25) is 5.02 Å². The molecule has 0 aliphatic rings. The Morgan fingerprint density at radius 3 is 2.81 bits per heavy atom. The molecule has 3 aromatic heterocycles. The summed E-state index contributed by atoms with van der Waals surface area (Å²) in [4.78, 5) is 9.27. The number of thiophene rings is 1. The third-order valence-corrected chi connectivity index (χ3v) is 5.23. The summed E-state index contributed by atoms with van der Waals surface area (Å²) in [5.74, 6) is 1.26. The van der Waals surface area contributed by atoms with E-state index in [0.717, 1.165) is 38.3 Å². The summed E-state index contributed by atoms with van der Waals surface area (Å²) in [7, 11) is 0. The number of hydrogen-bond donors (Lipinski definition) is 3. The zero-order chi connectivity index (χ0) is 18.2. The third-order valence-electron chi connectivity index (χ3n) is 4.09. The second-order valence-corrected chi connectivity index (χ2v) is 7.32. The van der Waals surface area contributed by atoms with Gasteiger partial charge in [-0.2, -0.15) is 10.1 Å². The van der Waals surface area contributed by atoms with Gasteiger partial charge in [0.15, 0.2) is 5.82 Å². The van der Waals surface area contributed by atoms with Crippen molar-refractivity contribution < 1.29 is 0 Å². The second-order valence-electron chi connectivity index (χ2n) is 5.96. The maximum absolute atomic E-state index is 6.07. The van der Waals surface area contributed by atoms with Gasteiger partial charge in [-0.25, -0.2) is 4.98 Å². The molecule has 2 aromatic carbocycles. The van der Waals surface area contributed by atoms with Crippen molar-refractivity contribution in [1.29, 1.82) is 0 Å². The van der Waals surface area contributed by atoms with Crippen LogP contribution in [0.15, 0.2) is 60.1 Å². The molecule has 132 valence electrons. The number of rotatable bonds is 4.